The summed E-state index contributed by atoms with van der Waals surface area (Å²) < 4.78 is 2.19. The molecule has 0 saturated heterocycles. The van der Waals surface area contributed by atoms with Crippen molar-refractivity contribution in [3.8, 4) is 9.88 Å². The summed E-state index contributed by atoms with van der Waals surface area (Å²) in [5, 5.41) is 14.2. The maximum atomic E-state index is 4.28. The number of aromatic nitrogens is 2. The molecule has 7 heteroatoms. The fourth-order valence-electron chi connectivity index (χ4n) is 1.74. The molecule has 1 aliphatic rings. The smallest absolute Gasteiger partial charge is 0.157 e. The van der Waals surface area contributed by atoms with Crippen molar-refractivity contribution in [2.45, 2.75) is 31.7 Å². The number of rotatable bonds is 6. The molecule has 0 bridgehead atoms. The van der Waals surface area contributed by atoms with Crippen molar-refractivity contribution >= 4 is 54.5 Å². The Morgan fingerprint density at radius 3 is 2.79 bits per heavy atom. The minimum Gasteiger partial charge on any atom is -0.314 e. The summed E-state index contributed by atoms with van der Waals surface area (Å²) in [5.41, 5.74) is 0. The predicted molar refractivity (Wildman–Crippen MR) is 88.0 cm³/mol. The van der Waals surface area contributed by atoms with Crippen LogP contribution in [-0.4, -0.2) is 22.8 Å². The molecular formula is C12H13Br2N3S2. The Bertz CT molecular complexity index is 544. The molecule has 102 valence electrons. The highest BCUT2D eigenvalue weighted by atomic mass is 79.9. The van der Waals surface area contributed by atoms with E-state index in [0.29, 0.717) is 0 Å². The van der Waals surface area contributed by atoms with Crippen LogP contribution in [0.2, 0.25) is 0 Å². The first-order chi connectivity index (χ1) is 9.22. The molecule has 0 aromatic carbocycles. The topological polar surface area (TPSA) is 37.8 Å². The van der Waals surface area contributed by atoms with Gasteiger partial charge in [-0.3, -0.25) is 0 Å². The number of nitrogens with zero attached hydrogens (tertiary/aromatic N) is 2. The molecule has 0 atom stereocenters. The van der Waals surface area contributed by atoms with E-state index in [1.54, 1.807) is 22.7 Å². The van der Waals surface area contributed by atoms with Gasteiger partial charge in [0.15, 0.2) is 5.01 Å². The lowest BCUT2D eigenvalue weighted by molar-refractivity contribution is 0.643. The highest BCUT2D eigenvalue weighted by molar-refractivity contribution is 9.13. The molecule has 1 saturated carbocycles. The summed E-state index contributed by atoms with van der Waals surface area (Å²) >= 11 is 10.4. The summed E-state index contributed by atoms with van der Waals surface area (Å²) in [5.74, 6) is 0. The Labute approximate surface area is 137 Å². The van der Waals surface area contributed by atoms with E-state index < -0.39 is 0 Å². The second-order valence-electron chi connectivity index (χ2n) is 4.57. The van der Waals surface area contributed by atoms with E-state index >= 15 is 0 Å². The molecular weight excluding hydrogens is 410 g/mol. The van der Waals surface area contributed by atoms with Crippen molar-refractivity contribution < 1.29 is 0 Å². The average Bonchev–Trinajstić information content (AvgIpc) is 2.99. The van der Waals surface area contributed by atoms with E-state index in [0.717, 1.165) is 43.7 Å². The van der Waals surface area contributed by atoms with Crippen molar-refractivity contribution in [3.63, 3.8) is 0 Å². The number of hydrogen-bond donors (Lipinski definition) is 1. The second kappa shape index (κ2) is 6.30. The van der Waals surface area contributed by atoms with Gasteiger partial charge in [-0.25, -0.2) is 0 Å². The van der Waals surface area contributed by atoms with Crippen LogP contribution in [0.1, 0.15) is 24.3 Å². The van der Waals surface area contributed by atoms with Crippen molar-refractivity contribution in [1.29, 1.82) is 0 Å². The Hall–Kier alpha value is 0.180. The zero-order chi connectivity index (χ0) is 13.2. The van der Waals surface area contributed by atoms with Crippen LogP contribution < -0.4 is 5.32 Å². The van der Waals surface area contributed by atoms with Crippen LogP contribution in [0.25, 0.3) is 9.88 Å². The maximum Gasteiger partial charge on any atom is 0.157 e. The summed E-state index contributed by atoms with van der Waals surface area (Å²) in [6.07, 6.45) is 4.87. The number of halogens is 2. The second-order valence-corrected chi connectivity index (χ2v) is 8.85. The van der Waals surface area contributed by atoms with Crippen LogP contribution in [0.15, 0.2) is 14.3 Å². The molecule has 2 aromatic heterocycles. The fraction of sp³-hybridized carbons (Fsp3) is 0.500. The van der Waals surface area contributed by atoms with Gasteiger partial charge in [0.1, 0.15) is 5.01 Å². The SMILES string of the molecule is Brc1cc(-c2nnc(CCCNC3CC3)s2)sc1Br. The summed E-state index contributed by atoms with van der Waals surface area (Å²) in [6.45, 7) is 1.09. The number of thiophene rings is 1. The Morgan fingerprint density at radius 1 is 1.26 bits per heavy atom. The van der Waals surface area contributed by atoms with Gasteiger partial charge < -0.3 is 5.32 Å². The van der Waals surface area contributed by atoms with Crippen LogP contribution in [0.5, 0.6) is 0 Å². The van der Waals surface area contributed by atoms with Gasteiger partial charge in [0, 0.05) is 16.9 Å². The third-order valence-electron chi connectivity index (χ3n) is 2.90. The zero-order valence-electron chi connectivity index (χ0n) is 10.2. The molecule has 19 heavy (non-hydrogen) atoms. The first kappa shape index (κ1) is 14.1. The third kappa shape index (κ3) is 3.85. The van der Waals surface area contributed by atoms with Gasteiger partial charge >= 0.3 is 0 Å². The fourth-order valence-corrected chi connectivity index (χ4v) is 4.70. The van der Waals surface area contributed by atoms with Gasteiger partial charge in [0.2, 0.25) is 0 Å². The molecule has 0 spiro atoms. The van der Waals surface area contributed by atoms with E-state index in [1.807, 2.05) is 0 Å². The first-order valence-corrected chi connectivity index (χ1v) is 9.45. The third-order valence-corrected chi connectivity index (χ3v) is 7.31. The Kier molecular flexibility index (Phi) is 4.69. The van der Waals surface area contributed by atoms with E-state index in [-0.39, 0.29) is 0 Å². The van der Waals surface area contributed by atoms with E-state index in [9.17, 15) is 0 Å². The zero-order valence-corrected chi connectivity index (χ0v) is 15.0. The van der Waals surface area contributed by atoms with Crippen LogP contribution in [-0.2, 0) is 6.42 Å². The minimum absolute atomic E-state index is 0.797. The molecule has 0 aliphatic heterocycles. The largest absolute Gasteiger partial charge is 0.314 e. The van der Waals surface area contributed by atoms with Gasteiger partial charge in [-0.2, -0.15) is 0 Å². The lowest BCUT2D eigenvalue weighted by atomic mass is 10.3. The predicted octanol–water partition coefficient (Wildman–Crippen LogP) is 4.48. The standard InChI is InChI=1S/C12H13Br2N3S2/c13-8-6-9(18-11(8)14)12-17-16-10(19-12)2-1-5-15-7-3-4-7/h6-7,15H,1-5H2. The van der Waals surface area contributed by atoms with Gasteiger partial charge in [0.05, 0.1) is 8.66 Å². The number of aryl methyl sites for hydroxylation is 1. The molecule has 0 unspecified atom stereocenters. The average molecular weight is 423 g/mol. The van der Waals surface area contributed by atoms with Crippen LogP contribution >= 0.6 is 54.5 Å². The van der Waals surface area contributed by atoms with Crippen molar-refractivity contribution in [1.82, 2.24) is 15.5 Å². The van der Waals surface area contributed by atoms with Gasteiger partial charge in [-0.05, 0) is 63.7 Å². The Morgan fingerprint density at radius 2 is 2.11 bits per heavy atom. The maximum absolute atomic E-state index is 4.28. The van der Waals surface area contributed by atoms with E-state index in [2.05, 4.69) is 53.4 Å². The van der Waals surface area contributed by atoms with Crippen molar-refractivity contribution in [2.24, 2.45) is 0 Å². The molecule has 1 aliphatic carbocycles. The van der Waals surface area contributed by atoms with Crippen LogP contribution in [0.4, 0.5) is 0 Å². The lowest BCUT2D eigenvalue weighted by Gasteiger charge is -1.99. The molecule has 3 nitrogen and oxygen atoms in total. The molecule has 2 heterocycles. The van der Waals surface area contributed by atoms with Crippen molar-refractivity contribution in [2.75, 3.05) is 6.54 Å². The van der Waals surface area contributed by atoms with Crippen LogP contribution in [0.3, 0.4) is 0 Å². The summed E-state index contributed by atoms with van der Waals surface area (Å²) in [6, 6.07) is 2.89. The van der Waals surface area contributed by atoms with Gasteiger partial charge in [-0.15, -0.1) is 21.5 Å². The molecule has 1 N–H and O–H groups in total. The van der Waals surface area contributed by atoms with Gasteiger partial charge in [0.25, 0.3) is 0 Å². The van der Waals surface area contributed by atoms with E-state index in [1.165, 1.54) is 17.7 Å². The minimum atomic E-state index is 0.797. The van der Waals surface area contributed by atoms with Gasteiger partial charge in [-0.1, -0.05) is 11.3 Å². The molecule has 3 rings (SSSR count). The molecule has 0 amide bonds. The molecule has 1 fully saturated rings. The quantitative estimate of drug-likeness (QED) is 0.697. The first-order valence-electron chi connectivity index (χ1n) is 6.23. The molecule has 0 radical (unpaired) electrons. The highest BCUT2D eigenvalue weighted by Gasteiger charge is 2.19. The van der Waals surface area contributed by atoms with Crippen LogP contribution in [0, 0.1) is 0 Å². The highest BCUT2D eigenvalue weighted by Crippen LogP contribution is 2.39. The monoisotopic (exact) mass is 421 g/mol. The Balaban J connectivity index is 1.55. The van der Waals surface area contributed by atoms with E-state index in [4.69, 9.17) is 0 Å². The lowest BCUT2D eigenvalue weighted by Crippen LogP contribution is -2.17. The summed E-state index contributed by atoms with van der Waals surface area (Å²) in [7, 11) is 0. The number of nitrogens with one attached hydrogen (secondary N) is 1. The molecule has 2 aromatic rings. The normalized spacial score (nSPS) is 15.1. The number of hydrogen-bond acceptors (Lipinski definition) is 5. The van der Waals surface area contributed by atoms with Crippen molar-refractivity contribution in [3.05, 3.63) is 19.3 Å². The summed E-state index contributed by atoms with van der Waals surface area (Å²) in [4.78, 5) is 1.17.